The zero-order valence-corrected chi connectivity index (χ0v) is 21.8. The molecule has 2 aliphatic rings. The van der Waals surface area contributed by atoms with Crippen molar-refractivity contribution in [3.63, 3.8) is 0 Å². The molecule has 0 aliphatic carbocycles. The summed E-state index contributed by atoms with van der Waals surface area (Å²) in [5, 5.41) is 8.79. The number of likely N-dealkylation sites (tertiary alicyclic amines) is 2. The first-order chi connectivity index (χ1) is 17.9. The molecule has 1 aromatic carbocycles. The molecule has 0 aromatic heterocycles. The summed E-state index contributed by atoms with van der Waals surface area (Å²) in [4.78, 5) is 40.5. The van der Waals surface area contributed by atoms with Crippen molar-refractivity contribution in [3.8, 4) is 0 Å². The molecule has 0 unspecified atom stereocenters. The zero-order chi connectivity index (χ0) is 26.6. The molecule has 2 heterocycles. The quantitative estimate of drug-likeness (QED) is 0.385. The monoisotopic (exact) mass is 521 g/mol. The van der Waals surface area contributed by atoms with E-state index >= 15 is 0 Å². The highest BCUT2D eigenvalue weighted by Crippen LogP contribution is 2.33. The van der Waals surface area contributed by atoms with Crippen molar-refractivity contribution < 1.29 is 28.2 Å². The second-order valence-corrected chi connectivity index (χ2v) is 9.61. The minimum Gasteiger partial charge on any atom is -0.453 e. The molecule has 1 aromatic rings. The van der Waals surface area contributed by atoms with Crippen LogP contribution in [-0.2, 0) is 14.3 Å². The summed E-state index contributed by atoms with van der Waals surface area (Å²) < 4.78 is 24.8. The van der Waals surface area contributed by atoms with Crippen LogP contribution in [0.2, 0.25) is 0 Å². The van der Waals surface area contributed by atoms with Gasteiger partial charge in [0.25, 0.3) is 0 Å². The van der Waals surface area contributed by atoms with Gasteiger partial charge in [0, 0.05) is 51.6 Å². The summed E-state index contributed by atoms with van der Waals surface area (Å²) in [7, 11) is 3.11. The van der Waals surface area contributed by atoms with Gasteiger partial charge in [-0.15, -0.1) is 0 Å². The van der Waals surface area contributed by atoms with Crippen molar-refractivity contribution in [3.05, 3.63) is 35.6 Å². The van der Waals surface area contributed by atoms with Crippen LogP contribution in [0.3, 0.4) is 0 Å². The van der Waals surface area contributed by atoms with Gasteiger partial charge in [-0.25, -0.2) is 14.0 Å². The molecule has 4 amide bonds. The van der Waals surface area contributed by atoms with Crippen molar-refractivity contribution in [1.29, 1.82) is 0 Å². The Hall–Kier alpha value is -2.92. The number of piperidine rings is 2. The highest BCUT2D eigenvalue weighted by Gasteiger charge is 2.32. The topological polar surface area (TPSA) is 112 Å². The molecule has 0 radical (unpaired) electrons. The second kappa shape index (κ2) is 14.7. The van der Waals surface area contributed by atoms with Crippen LogP contribution in [-0.4, -0.2) is 93.9 Å². The highest BCUT2D eigenvalue weighted by atomic mass is 19.1. The fourth-order valence-electron chi connectivity index (χ4n) is 5.04. The van der Waals surface area contributed by atoms with Gasteiger partial charge in [-0.2, -0.15) is 0 Å². The molecule has 0 bridgehead atoms. The molecule has 3 atom stereocenters. The number of hydrogen-bond donors (Lipinski definition) is 3. The Balaban J connectivity index is 1.63. The van der Waals surface area contributed by atoms with Crippen LogP contribution < -0.4 is 16.0 Å². The van der Waals surface area contributed by atoms with E-state index in [1.807, 2.05) is 18.0 Å². The van der Waals surface area contributed by atoms with E-state index < -0.39 is 12.2 Å². The first-order valence-corrected chi connectivity index (χ1v) is 13.1. The first kappa shape index (κ1) is 28.6. The number of halogens is 1. The number of nitrogens with one attached hydrogen (secondary N) is 3. The van der Waals surface area contributed by atoms with Gasteiger partial charge in [-0.05, 0) is 50.4 Å². The van der Waals surface area contributed by atoms with Gasteiger partial charge in [-0.3, -0.25) is 4.79 Å². The van der Waals surface area contributed by atoms with Gasteiger partial charge >= 0.3 is 12.1 Å². The van der Waals surface area contributed by atoms with Gasteiger partial charge in [0.1, 0.15) is 5.82 Å². The van der Waals surface area contributed by atoms with E-state index in [0.29, 0.717) is 38.2 Å². The zero-order valence-electron chi connectivity index (χ0n) is 21.8. The fraction of sp³-hybridized carbons (Fsp3) is 0.654. The number of amides is 4. The Kier molecular flexibility index (Phi) is 11.4. The van der Waals surface area contributed by atoms with E-state index in [4.69, 9.17) is 4.74 Å². The molecule has 3 N–H and O–H groups in total. The lowest BCUT2D eigenvalue weighted by Gasteiger charge is -2.38. The van der Waals surface area contributed by atoms with Gasteiger partial charge in [0.15, 0.2) is 0 Å². The van der Waals surface area contributed by atoms with Crippen molar-refractivity contribution in [1.82, 2.24) is 25.8 Å². The third-order valence-corrected chi connectivity index (χ3v) is 6.84. The summed E-state index contributed by atoms with van der Waals surface area (Å²) >= 11 is 0. The first-order valence-electron chi connectivity index (χ1n) is 13.1. The molecule has 11 heteroatoms. The SMILES string of the molecule is CNC[C@H](CN1CCCCC1=O)NC(=O)N1CCC[C@@H]([C@@H](OCCNC(=O)OC)c2cccc(F)c2)C1. The van der Waals surface area contributed by atoms with E-state index in [0.717, 1.165) is 32.2 Å². The average molecular weight is 522 g/mol. The summed E-state index contributed by atoms with van der Waals surface area (Å²) in [5.74, 6) is -0.270. The Labute approximate surface area is 218 Å². The largest absolute Gasteiger partial charge is 0.453 e. The normalized spacial score (nSPS) is 19.8. The number of ether oxygens (including phenoxy) is 2. The number of nitrogens with zero attached hydrogens (tertiary/aromatic N) is 2. The van der Waals surface area contributed by atoms with E-state index in [1.165, 1.54) is 19.2 Å². The minimum absolute atomic E-state index is 0.0501. The molecule has 2 aliphatic heterocycles. The highest BCUT2D eigenvalue weighted by molar-refractivity contribution is 5.77. The van der Waals surface area contributed by atoms with E-state index in [1.54, 1.807) is 11.0 Å². The van der Waals surface area contributed by atoms with E-state index in [2.05, 4.69) is 20.7 Å². The standard InChI is InChI=1S/C26H40FN5O5/c1-28-16-22(18-31-12-4-3-10-23(31)33)30-25(34)32-13-6-8-20(17-32)24(19-7-5-9-21(27)15-19)37-14-11-29-26(35)36-2/h5,7,9,15,20,22,24,28H,3-4,6,8,10-14,16-18H2,1-2H3,(H,29,35)(H,30,34)/t20-,22-,24+/m1/s1. The second-order valence-electron chi connectivity index (χ2n) is 9.61. The maximum Gasteiger partial charge on any atom is 0.406 e. The third kappa shape index (κ3) is 8.85. The molecular formula is C26H40FN5O5. The maximum atomic E-state index is 14.0. The lowest BCUT2D eigenvalue weighted by molar-refractivity contribution is -0.133. The molecule has 2 fully saturated rings. The molecule has 0 spiro atoms. The van der Waals surface area contributed by atoms with Crippen LogP contribution in [0.4, 0.5) is 14.0 Å². The van der Waals surface area contributed by atoms with Crippen LogP contribution in [0, 0.1) is 11.7 Å². The molecule has 10 nitrogen and oxygen atoms in total. The van der Waals surface area contributed by atoms with E-state index in [9.17, 15) is 18.8 Å². The summed E-state index contributed by atoms with van der Waals surface area (Å²) in [6.07, 6.45) is 3.08. The number of carbonyl (C=O) groups is 3. The number of methoxy groups -OCH3 is 1. The smallest absolute Gasteiger partial charge is 0.406 e. The van der Waals surface area contributed by atoms with Gasteiger partial charge in [0.05, 0.1) is 25.9 Å². The van der Waals surface area contributed by atoms with Crippen LogP contribution in [0.1, 0.15) is 43.8 Å². The van der Waals surface area contributed by atoms with Crippen LogP contribution in [0.15, 0.2) is 24.3 Å². The van der Waals surface area contributed by atoms with Crippen molar-refractivity contribution >= 4 is 18.0 Å². The Morgan fingerprint density at radius 1 is 1.22 bits per heavy atom. The Morgan fingerprint density at radius 3 is 2.78 bits per heavy atom. The number of rotatable bonds is 11. The number of likely N-dealkylation sites (N-methyl/N-ethyl adjacent to an activating group) is 1. The summed E-state index contributed by atoms with van der Waals surface area (Å²) in [6.45, 7) is 3.27. The Bertz CT molecular complexity index is 904. The van der Waals surface area contributed by atoms with Crippen LogP contribution in [0.5, 0.6) is 0 Å². The molecular weight excluding hydrogens is 481 g/mol. The summed E-state index contributed by atoms with van der Waals surface area (Å²) in [6, 6.07) is 5.91. The van der Waals surface area contributed by atoms with Crippen LogP contribution >= 0.6 is 0 Å². The molecule has 37 heavy (non-hydrogen) atoms. The predicted octanol–water partition coefficient (Wildman–Crippen LogP) is 2.26. The number of alkyl carbamates (subject to hydrolysis) is 1. The Morgan fingerprint density at radius 2 is 2.05 bits per heavy atom. The molecule has 2 saturated heterocycles. The fourth-order valence-corrected chi connectivity index (χ4v) is 5.04. The predicted molar refractivity (Wildman–Crippen MR) is 136 cm³/mol. The number of hydrogen-bond acceptors (Lipinski definition) is 6. The average Bonchev–Trinajstić information content (AvgIpc) is 2.90. The van der Waals surface area contributed by atoms with Crippen LogP contribution in [0.25, 0.3) is 0 Å². The van der Waals surface area contributed by atoms with Gasteiger partial charge in [0.2, 0.25) is 5.91 Å². The lowest BCUT2D eigenvalue weighted by atomic mass is 9.88. The number of benzene rings is 1. The molecule has 3 rings (SSSR count). The molecule has 206 valence electrons. The molecule has 0 saturated carbocycles. The minimum atomic E-state index is -0.547. The van der Waals surface area contributed by atoms with Gasteiger partial charge in [-0.1, -0.05) is 12.1 Å². The van der Waals surface area contributed by atoms with Crippen molar-refractivity contribution in [2.75, 3.05) is 60.0 Å². The summed E-state index contributed by atoms with van der Waals surface area (Å²) in [5.41, 5.74) is 0.696. The lowest BCUT2D eigenvalue weighted by Crippen LogP contribution is -2.55. The maximum absolute atomic E-state index is 14.0. The number of carbonyl (C=O) groups excluding carboxylic acids is 3. The third-order valence-electron chi connectivity index (χ3n) is 6.84. The van der Waals surface area contributed by atoms with Crippen molar-refractivity contribution in [2.45, 2.75) is 44.2 Å². The van der Waals surface area contributed by atoms with Gasteiger partial charge < -0.3 is 35.2 Å². The number of urea groups is 1. The van der Waals surface area contributed by atoms with E-state index in [-0.39, 0.29) is 42.9 Å². The van der Waals surface area contributed by atoms with Crippen molar-refractivity contribution in [2.24, 2.45) is 5.92 Å².